The molecule has 19 heavy (non-hydrogen) atoms. The third-order valence-electron chi connectivity index (χ3n) is 3.47. The number of hydrogen-bond acceptors (Lipinski definition) is 2. The summed E-state index contributed by atoms with van der Waals surface area (Å²) in [4.78, 5) is 0. The van der Waals surface area contributed by atoms with Crippen LogP contribution in [0.3, 0.4) is 0 Å². The van der Waals surface area contributed by atoms with Gasteiger partial charge in [-0.2, -0.15) is 0 Å². The number of benzene rings is 1. The average Bonchev–Trinajstić information content (AvgIpc) is 2.88. The van der Waals surface area contributed by atoms with Gasteiger partial charge in [-0.25, -0.2) is 0 Å². The van der Waals surface area contributed by atoms with Gasteiger partial charge in [0.2, 0.25) is 0 Å². The summed E-state index contributed by atoms with van der Waals surface area (Å²) in [5.74, 6) is 0.982. The second kappa shape index (κ2) is 7.65. The van der Waals surface area contributed by atoms with E-state index >= 15 is 0 Å². The highest BCUT2D eigenvalue weighted by Gasteiger charge is 2.16. The molecular formula is C15H21Br2NO. The van der Waals surface area contributed by atoms with E-state index in [1.807, 2.05) is 6.07 Å². The molecule has 1 aliphatic carbocycles. The molecule has 106 valence electrons. The van der Waals surface area contributed by atoms with Crippen LogP contribution >= 0.6 is 31.9 Å². The summed E-state index contributed by atoms with van der Waals surface area (Å²) in [5, 5.41) is 3.65. The molecule has 2 nitrogen and oxygen atoms in total. The number of rotatable bonds is 6. The zero-order chi connectivity index (χ0) is 13.7. The smallest absolute Gasteiger partial charge is 0.138 e. The van der Waals surface area contributed by atoms with Crippen molar-refractivity contribution in [3.05, 3.63) is 26.6 Å². The standard InChI is InChI=1S/C15H21Br2NO/c1-2-7-19-15-11(8-12(16)9-14(15)17)10-18-13-5-3-4-6-13/h8-9,13,18H,2-7,10H2,1H3. The van der Waals surface area contributed by atoms with Gasteiger partial charge >= 0.3 is 0 Å². The molecular weight excluding hydrogens is 370 g/mol. The van der Waals surface area contributed by atoms with Crippen LogP contribution in [0.15, 0.2) is 21.1 Å². The van der Waals surface area contributed by atoms with Crippen molar-refractivity contribution >= 4 is 31.9 Å². The van der Waals surface area contributed by atoms with Gasteiger partial charge in [0, 0.05) is 22.6 Å². The van der Waals surface area contributed by atoms with Gasteiger partial charge in [0.1, 0.15) is 5.75 Å². The molecule has 1 saturated carbocycles. The lowest BCUT2D eigenvalue weighted by molar-refractivity contribution is 0.310. The number of nitrogens with one attached hydrogen (secondary N) is 1. The fourth-order valence-corrected chi connectivity index (χ4v) is 3.92. The van der Waals surface area contributed by atoms with Crippen LogP contribution in [0.1, 0.15) is 44.6 Å². The molecule has 0 saturated heterocycles. The first-order valence-electron chi connectivity index (χ1n) is 7.04. The SMILES string of the molecule is CCCOc1c(Br)cc(Br)cc1CNC1CCCC1. The number of hydrogen-bond donors (Lipinski definition) is 1. The normalized spacial score (nSPS) is 15.9. The molecule has 0 aliphatic heterocycles. The largest absolute Gasteiger partial charge is 0.492 e. The predicted octanol–water partition coefficient (Wildman–Crippen LogP) is 5.03. The zero-order valence-corrected chi connectivity index (χ0v) is 14.5. The molecule has 0 unspecified atom stereocenters. The van der Waals surface area contributed by atoms with Gasteiger partial charge in [-0.05, 0) is 47.3 Å². The molecule has 0 bridgehead atoms. The van der Waals surface area contributed by atoms with Crippen LogP contribution in [0.2, 0.25) is 0 Å². The topological polar surface area (TPSA) is 21.3 Å². The van der Waals surface area contributed by atoms with Gasteiger partial charge in [0.15, 0.2) is 0 Å². The minimum absolute atomic E-state index is 0.678. The van der Waals surface area contributed by atoms with E-state index in [1.165, 1.54) is 31.2 Å². The van der Waals surface area contributed by atoms with E-state index in [0.29, 0.717) is 6.04 Å². The van der Waals surface area contributed by atoms with Crippen LogP contribution in [-0.2, 0) is 6.54 Å². The second-order valence-corrected chi connectivity index (χ2v) is 6.86. The Hall–Kier alpha value is -0.0600. The van der Waals surface area contributed by atoms with Crippen LogP contribution < -0.4 is 10.1 Å². The lowest BCUT2D eigenvalue weighted by atomic mass is 10.1. The monoisotopic (exact) mass is 389 g/mol. The Morgan fingerprint density at radius 2 is 2.00 bits per heavy atom. The van der Waals surface area contributed by atoms with E-state index < -0.39 is 0 Å². The molecule has 0 aromatic heterocycles. The molecule has 1 fully saturated rings. The lowest BCUT2D eigenvalue weighted by Crippen LogP contribution is -2.25. The molecule has 0 atom stereocenters. The van der Waals surface area contributed by atoms with Gasteiger partial charge in [-0.15, -0.1) is 0 Å². The number of halogens is 2. The highest BCUT2D eigenvalue weighted by atomic mass is 79.9. The first-order chi connectivity index (χ1) is 9.20. The van der Waals surface area contributed by atoms with Crippen molar-refractivity contribution in [2.24, 2.45) is 0 Å². The zero-order valence-electron chi connectivity index (χ0n) is 11.3. The highest BCUT2D eigenvalue weighted by molar-refractivity contribution is 9.11. The molecule has 1 aliphatic rings. The van der Waals surface area contributed by atoms with Crippen molar-refractivity contribution in [1.29, 1.82) is 0 Å². The predicted molar refractivity (Wildman–Crippen MR) is 86.7 cm³/mol. The highest BCUT2D eigenvalue weighted by Crippen LogP contribution is 2.33. The Balaban J connectivity index is 2.07. The molecule has 2 rings (SSSR count). The van der Waals surface area contributed by atoms with Crippen LogP contribution in [-0.4, -0.2) is 12.6 Å². The fraction of sp³-hybridized carbons (Fsp3) is 0.600. The Morgan fingerprint density at radius 3 is 2.68 bits per heavy atom. The summed E-state index contributed by atoms with van der Waals surface area (Å²) in [6, 6.07) is 4.87. The van der Waals surface area contributed by atoms with Crippen molar-refractivity contribution in [1.82, 2.24) is 5.32 Å². The summed E-state index contributed by atoms with van der Waals surface area (Å²) < 4.78 is 8.00. The Kier molecular flexibility index (Phi) is 6.17. The molecule has 0 radical (unpaired) electrons. The Bertz CT molecular complexity index is 417. The molecule has 0 amide bonds. The summed E-state index contributed by atoms with van der Waals surface area (Å²) in [5.41, 5.74) is 1.22. The van der Waals surface area contributed by atoms with E-state index in [2.05, 4.69) is 50.2 Å². The first-order valence-corrected chi connectivity index (χ1v) is 8.63. The van der Waals surface area contributed by atoms with Crippen molar-refractivity contribution in [3.8, 4) is 5.75 Å². The van der Waals surface area contributed by atoms with E-state index in [-0.39, 0.29) is 0 Å². The van der Waals surface area contributed by atoms with Crippen molar-refractivity contribution in [2.75, 3.05) is 6.61 Å². The van der Waals surface area contributed by atoms with Crippen LogP contribution in [0.4, 0.5) is 0 Å². The Labute approximate surface area is 132 Å². The average molecular weight is 391 g/mol. The van der Waals surface area contributed by atoms with Crippen molar-refractivity contribution in [2.45, 2.75) is 51.6 Å². The maximum absolute atomic E-state index is 5.88. The van der Waals surface area contributed by atoms with Crippen LogP contribution in [0.5, 0.6) is 5.75 Å². The Morgan fingerprint density at radius 1 is 1.26 bits per heavy atom. The summed E-state index contributed by atoms with van der Waals surface area (Å²) >= 11 is 7.15. The molecule has 4 heteroatoms. The van der Waals surface area contributed by atoms with Gasteiger partial charge in [-0.3, -0.25) is 0 Å². The molecule has 0 spiro atoms. The summed E-state index contributed by atoms with van der Waals surface area (Å²) in [6.45, 7) is 3.77. The minimum atomic E-state index is 0.678. The number of ether oxygens (including phenoxy) is 1. The van der Waals surface area contributed by atoms with E-state index in [1.54, 1.807) is 0 Å². The molecule has 1 aromatic rings. The van der Waals surface area contributed by atoms with Crippen LogP contribution in [0, 0.1) is 0 Å². The first kappa shape index (κ1) is 15.3. The lowest BCUT2D eigenvalue weighted by Gasteiger charge is -2.17. The van der Waals surface area contributed by atoms with Gasteiger partial charge in [0.05, 0.1) is 11.1 Å². The fourth-order valence-electron chi connectivity index (χ4n) is 2.49. The third-order valence-corrected chi connectivity index (χ3v) is 4.52. The molecule has 1 aromatic carbocycles. The van der Waals surface area contributed by atoms with Crippen molar-refractivity contribution < 1.29 is 4.74 Å². The van der Waals surface area contributed by atoms with Crippen molar-refractivity contribution in [3.63, 3.8) is 0 Å². The summed E-state index contributed by atoms with van der Waals surface area (Å²) in [6.07, 6.45) is 6.36. The van der Waals surface area contributed by atoms with Gasteiger partial charge in [-0.1, -0.05) is 35.7 Å². The second-order valence-electron chi connectivity index (χ2n) is 5.09. The van der Waals surface area contributed by atoms with E-state index in [0.717, 1.165) is 34.3 Å². The van der Waals surface area contributed by atoms with Gasteiger partial charge in [0.25, 0.3) is 0 Å². The molecule has 1 N–H and O–H groups in total. The molecule has 0 heterocycles. The summed E-state index contributed by atoms with van der Waals surface area (Å²) in [7, 11) is 0. The van der Waals surface area contributed by atoms with E-state index in [9.17, 15) is 0 Å². The van der Waals surface area contributed by atoms with Crippen LogP contribution in [0.25, 0.3) is 0 Å². The van der Waals surface area contributed by atoms with Gasteiger partial charge < -0.3 is 10.1 Å². The quantitative estimate of drug-likeness (QED) is 0.735. The van der Waals surface area contributed by atoms with E-state index in [4.69, 9.17) is 4.74 Å². The maximum Gasteiger partial charge on any atom is 0.138 e. The maximum atomic E-state index is 5.88. The minimum Gasteiger partial charge on any atom is -0.492 e. The third kappa shape index (κ3) is 4.47.